The molecule has 6 rings (SSSR count). The molecule has 2 aromatic heterocycles. The van der Waals surface area contributed by atoms with Gasteiger partial charge in [-0.25, -0.2) is 13.8 Å². The number of nitrogens with zero attached hydrogens (tertiary/aromatic N) is 3. The van der Waals surface area contributed by atoms with Crippen LogP contribution in [0.4, 0.5) is 14.6 Å². The van der Waals surface area contributed by atoms with Crippen LogP contribution in [0.15, 0.2) is 47.1 Å². The molecule has 212 valence electrons. The summed E-state index contributed by atoms with van der Waals surface area (Å²) < 4.78 is 39.9. The van der Waals surface area contributed by atoms with Crippen molar-refractivity contribution in [2.45, 2.75) is 31.0 Å². The summed E-state index contributed by atoms with van der Waals surface area (Å²) in [5.74, 6) is -0.814. The number of aliphatic hydroxyl groups is 1. The van der Waals surface area contributed by atoms with Crippen LogP contribution in [0.5, 0.6) is 5.75 Å². The number of rotatable bonds is 8. The number of pyridine rings is 1. The van der Waals surface area contributed by atoms with Gasteiger partial charge in [0.2, 0.25) is 5.91 Å². The minimum Gasteiger partial charge on any atom is -0.489 e. The summed E-state index contributed by atoms with van der Waals surface area (Å²) in [6, 6.07) is 8.19. The van der Waals surface area contributed by atoms with Crippen LogP contribution in [0.3, 0.4) is 0 Å². The lowest BCUT2D eigenvalue weighted by molar-refractivity contribution is 0.00671. The summed E-state index contributed by atoms with van der Waals surface area (Å²) in [5.41, 5.74) is 5.57. The van der Waals surface area contributed by atoms with Crippen LogP contribution in [-0.4, -0.2) is 34.2 Å². The fourth-order valence-electron chi connectivity index (χ4n) is 4.91. The highest BCUT2D eigenvalue weighted by Gasteiger charge is 2.45. The summed E-state index contributed by atoms with van der Waals surface area (Å²) in [4.78, 5) is 16.8. The molecule has 2 aliphatic rings. The first kappa shape index (κ1) is 27.7. The Morgan fingerprint density at radius 1 is 1.12 bits per heavy atom. The number of β-amino-alcohol motifs (C(OH)–C–C–N with tert-alkyl or cyclic N) is 1. The highest BCUT2D eigenvalue weighted by Crippen LogP contribution is 2.46. The van der Waals surface area contributed by atoms with Crippen LogP contribution >= 0.6 is 34.8 Å². The Morgan fingerprint density at radius 2 is 1.83 bits per heavy atom. The minimum absolute atomic E-state index is 0.00638. The summed E-state index contributed by atoms with van der Waals surface area (Å²) in [7, 11) is 0. The fourth-order valence-corrected chi connectivity index (χ4v) is 5.90. The number of amides is 1. The zero-order chi connectivity index (χ0) is 29.1. The van der Waals surface area contributed by atoms with E-state index < -0.39 is 23.1 Å². The van der Waals surface area contributed by atoms with Crippen molar-refractivity contribution in [3.63, 3.8) is 0 Å². The molecule has 1 saturated carbocycles. The number of carbonyl (C=O) groups is 1. The molecule has 3 N–H and O–H groups in total. The Balaban J connectivity index is 1.19. The summed E-state index contributed by atoms with van der Waals surface area (Å²) >= 11 is 19.2. The smallest absolute Gasteiger partial charge is 0.250 e. The molecular weight excluding hydrogens is 601 g/mol. The number of hydrogen-bond donors (Lipinski definition) is 2. The van der Waals surface area contributed by atoms with E-state index in [4.69, 9.17) is 49.8 Å². The average molecular weight is 622 g/mol. The van der Waals surface area contributed by atoms with E-state index in [0.29, 0.717) is 33.9 Å². The monoisotopic (exact) mass is 620 g/mol. The van der Waals surface area contributed by atoms with E-state index in [-0.39, 0.29) is 52.1 Å². The molecule has 0 unspecified atom stereocenters. The molecule has 13 heteroatoms. The van der Waals surface area contributed by atoms with Gasteiger partial charge in [-0.1, -0.05) is 46.0 Å². The largest absolute Gasteiger partial charge is 0.489 e. The summed E-state index contributed by atoms with van der Waals surface area (Å²) in [6.07, 6.45) is 3.07. The zero-order valence-corrected chi connectivity index (χ0v) is 23.4. The lowest BCUT2D eigenvalue weighted by Crippen LogP contribution is -2.60. The molecule has 0 atom stereocenters. The Morgan fingerprint density at radius 3 is 2.44 bits per heavy atom. The molecule has 1 aliphatic carbocycles. The molecule has 0 radical (unpaired) electrons. The third kappa shape index (κ3) is 5.21. The van der Waals surface area contributed by atoms with E-state index >= 15 is 0 Å². The van der Waals surface area contributed by atoms with Crippen LogP contribution < -0.4 is 15.4 Å². The maximum Gasteiger partial charge on any atom is 0.250 e. The molecule has 1 amide bonds. The SMILES string of the molecule is NC(=O)c1cnc(N2CC(O)(c3ccc(OCc4c(-c5c(Cl)cc(F)cc5Cl)noc4C4CC4)cc3Cl)C2)c(F)c1. The molecule has 0 bridgehead atoms. The molecule has 2 fully saturated rings. The lowest BCUT2D eigenvalue weighted by Gasteiger charge is -2.47. The quantitative estimate of drug-likeness (QED) is 0.239. The maximum absolute atomic E-state index is 14.5. The van der Waals surface area contributed by atoms with Gasteiger partial charge in [-0.15, -0.1) is 0 Å². The van der Waals surface area contributed by atoms with E-state index in [1.54, 1.807) is 18.2 Å². The molecule has 1 saturated heterocycles. The normalized spacial score (nSPS) is 16.0. The van der Waals surface area contributed by atoms with E-state index in [1.165, 1.54) is 11.1 Å². The molecule has 1 aliphatic heterocycles. The number of aromatic nitrogens is 2. The van der Waals surface area contributed by atoms with Crippen LogP contribution in [0.2, 0.25) is 15.1 Å². The molecule has 2 aromatic carbocycles. The second kappa shape index (κ2) is 10.4. The van der Waals surface area contributed by atoms with Crippen molar-refractivity contribution < 1.29 is 27.9 Å². The number of anilines is 1. The number of primary amides is 1. The Hall–Kier alpha value is -3.44. The van der Waals surface area contributed by atoms with Crippen molar-refractivity contribution in [3.05, 3.63) is 91.7 Å². The van der Waals surface area contributed by atoms with Crippen molar-refractivity contribution in [3.8, 4) is 17.0 Å². The highest BCUT2D eigenvalue weighted by atomic mass is 35.5. The second-order valence-electron chi connectivity index (χ2n) is 10.1. The third-order valence-corrected chi connectivity index (χ3v) is 8.06. The first-order valence-electron chi connectivity index (χ1n) is 12.5. The highest BCUT2D eigenvalue weighted by molar-refractivity contribution is 6.39. The van der Waals surface area contributed by atoms with Crippen LogP contribution in [-0.2, 0) is 12.2 Å². The van der Waals surface area contributed by atoms with Gasteiger partial charge in [-0.3, -0.25) is 4.79 Å². The molecular formula is C28H21Cl3F2N4O4. The summed E-state index contributed by atoms with van der Waals surface area (Å²) in [5, 5.41) is 15.8. The zero-order valence-electron chi connectivity index (χ0n) is 21.1. The number of hydrogen-bond acceptors (Lipinski definition) is 7. The van der Waals surface area contributed by atoms with Gasteiger partial charge < -0.3 is 25.0 Å². The Bertz CT molecular complexity index is 1670. The average Bonchev–Trinajstić information content (AvgIpc) is 3.65. The Labute approximate surface area is 247 Å². The van der Waals surface area contributed by atoms with Gasteiger partial charge in [-0.05, 0) is 43.2 Å². The number of ether oxygens (including phenoxy) is 1. The predicted octanol–water partition coefficient (Wildman–Crippen LogP) is 6.24. The van der Waals surface area contributed by atoms with E-state index in [2.05, 4.69) is 10.1 Å². The molecule has 3 heterocycles. The first-order chi connectivity index (χ1) is 19.5. The standard InChI is InChI=1S/C28H21Cl3F2N4O4/c29-19-8-16(3-4-18(19)28(39)11-37(12-28)27-22(33)5-14(9-35-27)26(34)38)40-10-17-24(36-41-25(17)13-1-2-13)23-20(30)6-15(32)7-21(23)31/h3-9,13,39H,1-2,10-12H2,(H2,34,38). The number of nitrogens with two attached hydrogens (primary N) is 1. The minimum atomic E-state index is -1.36. The van der Waals surface area contributed by atoms with Gasteiger partial charge in [0, 0.05) is 23.2 Å². The van der Waals surface area contributed by atoms with Crippen molar-refractivity contribution in [2.75, 3.05) is 18.0 Å². The topological polar surface area (TPSA) is 115 Å². The van der Waals surface area contributed by atoms with Crippen LogP contribution in [0.25, 0.3) is 11.3 Å². The number of carbonyl (C=O) groups excluding carboxylic acids is 1. The van der Waals surface area contributed by atoms with E-state index in [9.17, 15) is 18.7 Å². The first-order valence-corrected chi connectivity index (χ1v) is 13.7. The van der Waals surface area contributed by atoms with Crippen molar-refractivity contribution >= 4 is 46.5 Å². The molecule has 4 aromatic rings. The van der Waals surface area contributed by atoms with Gasteiger partial charge in [0.15, 0.2) is 11.6 Å². The van der Waals surface area contributed by atoms with Gasteiger partial charge >= 0.3 is 0 Å². The second-order valence-corrected chi connectivity index (χ2v) is 11.3. The van der Waals surface area contributed by atoms with Crippen molar-refractivity contribution in [1.82, 2.24) is 10.1 Å². The van der Waals surface area contributed by atoms with E-state index in [1.807, 2.05) is 0 Å². The molecule has 8 nitrogen and oxygen atoms in total. The van der Waals surface area contributed by atoms with Crippen LogP contribution in [0.1, 0.15) is 46.0 Å². The Kier molecular flexibility index (Phi) is 7.05. The number of benzene rings is 2. The van der Waals surface area contributed by atoms with Crippen LogP contribution in [0, 0.1) is 11.6 Å². The number of halogens is 5. The fraction of sp³-hybridized carbons (Fsp3) is 0.250. The van der Waals surface area contributed by atoms with Gasteiger partial charge in [0.05, 0.1) is 39.3 Å². The molecule has 0 spiro atoms. The summed E-state index contributed by atoms with van der Waals surface area (Å²) in [6.45, 7) is 0.107. The van der Waals surface area contributed by atoms with E-state index in [0.717, 1.165) is 31.0 Å². The van der Waals surface area contributed by atoms with Gasteiger partial charge in [0.25, 0.3) is 0 Å². The lowest BCUT2D eigenvalue weighted by atomic mass is 9.86. The van der Waals surface area contributed by atoms with Crippen molar-refractivity contribution in [2.24, 2.45) is 5.73 Å². The predicted molar refractivity (Wildman–Crippen MR) is 148 cm³/mol. The molecule has 41 heavy (non-hydrogen) atoms. The van der Waals surface area contributed by atoms with Gasteiger partial charge in [0.1, 0.15) is 35.2 Å². The third-order valence-electron chi connectivity index (χ3n) is 7.15. The van der Waals surface area contributed by atoms with Crippen molar-refractivity contribution in [1.29, 1.82) is 0 Å². The van der Waals surface area contributed by atoms with Gasteiger partial charge in [-0.2, -0.15) is 0 Å². The maximum atomic E-state index is 14.5.